The monoisotopic (exact) mass is 197 g/mol. The fraction of sp³-hybridized carbons (Fsp3) is 0.455. The van der Waals surface area contributed by atoms with Gasteiger partial charge in [-0.1, -0.05) is 6.07 Å². The second-order valence-electron chi connectivity index (χ2n) is 3.80. The smallest absolute Gasteiger partial charge is 0.130 e. The molecule has 0 bridgehead atoms. The summed E-state index contributed by atoms with van der Waals surface area (Å²) in [6.45, 7) is 1.79. The molecule has 1 aromatic rings. The number of halogens is 2. The Labute approximate surface area is 82.1 Å². The number of hydrogen-bond donors (Lipinski definition) is 1. The fourth-order valence-corrected chi connectivity index (χ4v) is 1.61. The molecular formula is C11H13F2N. The molecule has 1 fully saturated rings. The van der Waals surface area contributed by atoms with Gasteiger partial charge in [-0.15, -0.1) is 0 Å². The van der Waals surface area contributed by atoms with E-state index >= 15 is 0 Å². The summed E-state index contributed by atoms with van der Waals surface area (Å²) in [5.41, 5.74) is 0.152. The van der Waals surface area contributed by atoms with E-state index in [4.69, 9.17) is 0 Å². The minimum atomic E-state index is -0.467. The summed E-state index contributed by atoms with van der Waals surface area (Å²) in [5.74, 6) is -0.934. The number of nitrogens with one attached hydrogen (secondary N) is 1. The fourth-order valence-electron chi connectivity index (χ4n) is 1.61. The van der Waals surface area contributed by atoms with Gasteiger partial charge in [0.1, 0.15) is 11.6 Å². The number of rotatable bonds is 3. The van der Waals surface area contributed by atoms with Gasteiger partial charge in [-0.25, -0.2) is 8.78 Å². The van der Waals surface area contributed by atoms with Gasteiger partial charge in [-0.05, 0) is 31.9 Å². The molecule has 1 unspecified atom stereocenters. The SMILES string of the molecule is CC(NC1CC1)c1c(F)cccc1F. The highest BCUT2D eigenvalue weighted by molar-refractivity contribution is 5.23. The Hall–Kier alpha value is -0.960. The van der Waals surface area contributed by atoms with Crippen molar-refractivity contribution in [2.75, 3.05) is 0 Å². The average molecular weight is 197 g/mol. The van der Waals surface area contributed by atoms with Gasteiger partial charge in [0.2, 0.25) is 0 Å². The van der Waals surface area contributed by atoms with Crippen LogP contribution < -0.4 is 5.32 Å². The summed E-state index contributed by atoms with van der Waals surface area (Å²) in [5, 5.41) is 3.17. The summed E-state index contributed by atoms with van der Waals surface area (Å²) in [7, 11) is 0. The largest absolute Gasteiger partial charge is 0.307 e. The maximum absolute atomic E-state index is 13.3. The second-order valence-corrected chi connectivity index (χ2v) is 3.80. The molecule has 76 valence electrons. The molecule has 1 aliphatic rings. The van der Waals surface area contributed by atoms with Gasteiger partial charge in [0.15, 0.2) is 0 Å². The zero-order valence-corrected chi connectivity index (χ0v) is 8.06. The molecule has 3 heteroatoms. The third-order valence-electron chi connectivity index (χ3n) is 2.50. The van der Waals surface area contributed by atoms with Crippen LogP contribution in [0.3, 0.4) is 0 Å². The van der Waals surface area contributed by atoms with E-state index in [-0.39, 0.29) is 11.6 Å². The maximum Gasteiger partial charge on any atom is 0.130 e. The summed E-state index contributed by atoms with van der Waals surface area (Å²) in [4.78, 5) is 0. The molecule has 0 spiro atoms. The van der Waals surface area contributed by atoms with Crippen molar-refractivity contribution in [3.05, 3.63) is 35.4 Å². The lowest BCUT2D eigenvalue weighted by Crippen LogP contribution is -2.22. The first-order valence-electron chi connectivity index (χ1n) is 4.88. The lowest BCUT2D eigenvalue weighted by molar-refractivity contribution is 0.486. The van der Waals surface area contributed by atoms with Crippen LogP contribution in [0.25, 0.3) is 0 Å². The van der Waals surface area contributed by atoms with Crippen molar-refractivity contribution in [1.29, 1.82) is 0 Å². The van der Waals surface area contributed by atoms with Crippen LogP contribution >= 0.6 is 0 Å². The molecule has 1 aromatic carbocycles. The normalized spacial score (nSPS) is 18.2. The van der Waals surface area contributed by atoms with E-state index in [9.17, 15) is 8.78 Å². The van der Waals surface area contributed by atoms with Gasteiger partial charge in [0.25, 0.3) is 0 Å². The van der Waals surface area contributed by atoms with E-state index in [0.29, 0.717) is 6.04 Å². The summed E-state index contributed by atoms with van der Waals surface area (Å²) in [6.07, 6.45) is 2.22. The maximum atomic E-state index is 13.3. The Balaban J connectivity index is 2.19. The predicted octanol–water partition coefficient (Wildman–Crippen LogP) is 2.78. The van der Waals surface area contributed by atoms with Crippen LogP contribution in [0.2, 0.25) is 0 Å². The molecule has 0 aliphatic heterocycles. The second kappa shape index (κ2) is 3.65. The molecule has 0 radical (unpaired) electrons. The Morgan fingerprint density at radius 3 is 2.36 bits per heavy atom. The van der Waals surface area contributed by atoms with Crippen molar-refractivity contribution in [1.82, 2.24) is 5.32 Å². The molecule has 1 atom stereocenters. The van der Waals surface area contributed by atoms with Crippen molar-refractivity contribution in [3.63, 3.8) is 0 Å². The van der Waals surface area contributed by atoms with E-state index in [2.05, 4.69) is 5.32 Å². The highest BCUT2D eigenvalue weighted by Crippen LogP contribution is 2.26. The van der Waals surface area contributed by atoms with Crippen LogP contribution in [-0.4, -0.2) is 6.04 Å². The van der Waals surface area contributed by atoms with E-state index in [1.807, 2.05) is 0 Å². The molecule has 2 rings (SSSR count). The van der Waals surface area contributed by atoms with Gasteiger partial charge in [0, 0.05) is 17.6 Å². The Kier molecular flexibility index (Phi) is 2.50. The third kappa shape index (κ3) is 1.93. The Morgan fingerprint density at radius 2 is 1.86 bits per heavy atom. The highest BCUT2D eigenvalue weighted by Gasteiger charge is 2.25. The molecular weight excluding hydrogens is 184 g/mol. The van der Waals surface area contributed by atoms with Crippen molar-refractivity contribution in [3.8, 4) is 0 Å². The lowest BCUT2D eigenvalue weighted by atomic mass is 10.1. The van der Waals surface area contributed by atoms with Crippen LogP contribution in [0.4, 0.5) is 8.78 Å². The minimum Gasteiger partial charge on any atom is -0.307 e. The molecule has 1 nitrogen and oxygen atoms in total. The van der Waals surface area contributed by atoms with E-state index in [1.165, 1.54) is 18.2 Å². The first kappa shape index (κ1) is 9.59. The van der Waals surface area contributed by atoms with Crippen LogP contribution in [0, 0.1) is 11.6 Å². The van der Waals surface area contributed by atoms with Gasteiger partial charge >= 0.3 is 0 Å². The highest BCUT2D eigenvalue weighted by atomic mass is 19.1. The third-order valence-corrected chi connectivity index (χ3v) is 2.50. The molecule has 0 heterocycles. The topological polar surface area (TPSA) is 12.0 Å². The summed E-state index contributed by atoms with van der Waals surface area (Å²) >= 11 is 0. The van der Waals surface area contributed by atoms with Crippen LogP contribution in [0.5, 0.6) is 0 Å². The first-order valence-corrected chi connectivity index (χ1v) is 4.88. The predicted molar refractivity (Wildman–Crippen MR) is 50.9 cm³/mol. The van der Waals surface area contributed by atoms with Crippen molar-refractivity contribution >= 4 is 0 Å². The molecule has 1 N–H and O–H groups in total. The molecule has 14 heavy (non-hydrogen) atoms. The van der Waals surface area contributed by atoms with E-state index in [0.717, 1.165) is 12.8 Å². The zero-order valence-electron chi connectivity index (χ0n) is 8.06. The molecule has 0 amide bonds. The zero-order chi connectivity index (χ0) is 10.1. The van der Waals surface area contributed by atoms with Crippen LogP contribution in [-0.2, 0) is 0 Å². The Morgan fingerprint density at radius 1 is 1.29 bits per heavy atom. The number of hydrogen-bond acceptors (Lipinski definition) is 1. The molecule has 1 aliphatic carbocycles. The standard InChI is InChI=1S/C11H13F2N/c1-7(14-8-5-6-8)11-9(12)3-2-4-10(11)13/h2-4,7-8,14H,5-6H2,1H3. The van der Waals surface area contributed by atoms with Crippen LogP contribution in [0.1, 0.15) is 31.4 Å². The van der Waals surface area contributed by atoms with Crippen molar-refractivity contribution in [2.24, 2.45) is 0 Å². The molecule has 1 saturated carbocycles. The van der Waals surface area contributed by atoms with Gasteiger partial charge in [0.05, 0.1) is 0 Å². The summed E-state index contributed by atoms with van der Waals surface area (Å²) in [6, 6.07) is 4.18. The lowest BCUT2D eigenvalue weighted by Gasteiger charge is -2.14. The average Bonchev–Trinajstić information content (AvgIpc) is 2.87. The number of benzene rings is 1. The van der Waals surface area contributed by atoms with Crippen molar-refractivity contribution < 1.29 is 8.78 Å². The molecule has 0 aromatic heterocycles. The van der Waals surface area contributed by atoms with Crippen LogP contribution in [0.15, 0.2) is 18.2 Å². The Bertz CT molecular complexity index is 314. The van der Waals surface area contributed by atoms with Gasteiger partial charge in [-0.2, -0.15) is 0 Å². The van der Waals surface area contributed by atoms with E-state index in [1.54, 1.807) is 6.92 Å². The first-order chi connectivity index (χ1) is 6.68. The summed E-state index contributed by atoms with van der Waals surface area (Å²) < 4.78 is 26.6. The minimum absolute atomic E-state index is 0.152. The van der Waals surface area contributed by atoms with E-state index < -0.39 is 11.6 Å². The van der Waals surface area contributed by atoms with Crippen molar-refractivity contribution in [2.45, 2.75) is 31.8 Å². The van der Waals surface area contributed by atoms with Gasteiger partial charge < -0.3 is 5.32 Å². The van der Waals surface area contributed by atoms with Gasteiger partial charge in [-0.3, -0.25) is 0 Å². The molecule has 0 saturated heterocycles. The quantitative estimate of drug-likeness (QED) is 0.785.